The summed E-state index contributed by atoms with van der Waals surface area (Å²) in [5, 5.41) is 11.7. The van der Waals surface area contributed by atoms with Crippen LogP contribution < -0.4 is 21.1 Å². The first-order valence-electron chi connectivity index (χ1n) is 8.27. The van der Waals surface area contributed by atoms with E-state index in [4.69, 9.17) is 10.5 Å². The smallest absolute Gasteiger partial charge is 0.312 e. The van der Waals surface area contributed by atoms with Crippen molar-refractivity contribution < 1.29 is 14.3 Å². The van der Waals surface area contributed by atoms with Crippen molar-refractivity contribution in [1.29, 1.82) is 0 Å². The maximum atomic E-state index is 12.3. The molecule has 8 nitrogen and oxygen atoms in total. The molecule has 0 saturated carbocycles. The average Bonchev–Trinajstić information content (AvgIpc) is 3.15. The Balaban J connectivity index is 1.74. The van der Waals surface area contributed by atoms with Crippen LogP contribution in [-0.4, -0.2) is 22.1 Å². The molecule has 1 aromatic heterocycles. The number of anilines is 1. The standard InChI is InChI=1S/C19H19N5O3/c20-19(26)24-17(10-18(25)23-14-11-21-22-12-14)13-5-4-8-16(9-13)27-15-6-2-1-3-7-15/h1-9,11-12,17H,10H2,(H,21,22)(H,23,25)(H3,20,24,26). The fourth-order valence-corrected chi connectivity index (χ4v) is 2.56. The first-order chi connectivity index (χ1) is 13.1. The number of carbonyl (C=O) groups is 2. The summed E-state index contributed by atoms with van der Waals surface area (Å²) in [5.41, 5.74) is 6.52. The Kier molecular flexibility index (Phi) is 5.68. The van der Waals surface area contributed by atoms with Crippen LogP contribution in [0.2, 0.25) is 0 Å². The van der Waals surface area contributed by atoms with E-state index in [1.807, 2.05) is 30.3 Å². The molecule has 3 amide bonds. The van der Waals surface area contributed by atoms with E-state index in [9.17, 15) is 9.59 Å². The molecule has 0 aliphatic heterocycles. The van der Waals surface area contributed by atoms with Gasteiger partial charge in [-0.15, -0.1) is 0 Å². The summed E-state index contributed by atoms with van der Waals surface area (Å²) in [5.74, 6) is 0.988. The first-order valence-corrected chi connectivity index (χ1v) is 8.27. The lowest BCUT2D eigenvalue weighted by Crippen LogP contribution is -2.35. The zero-order valence-electron chi connectivity index (χ0n) is 14.4. The maximum absolute atomic E-state index is 12.3. The van der Waals surface area contributed by atoms with Crippen LogP contribution in [0.25, 0.3) is 0 Å². The molecule has 0 spiro atoms. The number of aromatic nitrogens is 2. The molecule has 0 fully saturated rings. The molecule has 3 rings (SSSR count). The van der Waals surface area contributed by atoms with Crippen molar-refractivity contribution in [3.63, 3.8) is 0 Å². The number of rotatable bonds is 7. The van der Waals surface area contributed by atoms with Crippen LogP contribution in [0.15, 0.2) is 67.0 Å². The van der Waals surface area contributed by atoms with Gasteiger partial charge in [-0.2, -0.15) is 5.10 Å². The third-order valence-corrected chi connectivity index (χ3v) is 3.73. The Morgan fingerprint density at radius 3 is 2.59 bits per heavy atom. The summed E-state index contributed by atoms with van der Waals surface area (Å²) in [6.45, 7) is 0. The number of nitrogens with zero attached hydrogens (tertiary/aromatic N) is 1. The van der Waals surface area contributed by atoms with Crippen LogP contribution in [0, 0.1) is 0 Å². The molecule has 0 aliphatic rings. The second kappa shape index (κ2) is 8.52. The molecule has 1 atom stereocenters. The van der Waals surface area contributed by atoms with Gasteiger partial charge in [0.25, 0.3) is 0 Å². The Labute approximate surface area is 155 Å². The van der Waals surface area contributed by atoms with Crippen molar-refractivity contribution >= 4 is 17.6 Å². The van der Waals surface area contributed by atoms with E-state index in [0.29, 0.717) is 22.7 Å². The fraction of sp³-hybridized carbons (Fsp3) is 0.105. The van der Waals surface area contributed by atoms with Crippen LogP contribution in [0.5, 0.6) is 11.5 Å². The molecule has 0 bridgehead atoms. The van der Waals surface area contributed by atoms with E-state index < -0.39 is 12.1 Å². The van der Waals surface area contributed by atoms with Gasteiger partial charge in [-0.25, -0.2) is 4.79 Å². The van der Waals surface area contributed by atoms with Crippen molar-refractivity contribution in [3.05, 3.63) is 72.6 Å². The zero-order valence-corrected chi connectivity index (χ0v) is 14.4. The summed E-state index contributed by atoms with van der Waals surface area (Å²) >= 11 is 0. The normalized spacial score (nSPS) is 11.4. The fourth-order valence-electron chi connectivity index (χ4n) is 2.56. The van der Waals surface area contributed by atoms with E-state index in [-0.39, 0.29) is 12.3 Å². The van der Waals surface area contributed by atoms with E-state index in [1.54, 1.807) is 30.5 Å². The van der Waals surface area contributed by atoms with E-state index >= 15 is 0 Å². The van der Waals surface area contributed by atoms with Crippen LogP contribution in [0.4, 0.5) is 10.5 Å². The first kappa shape index (κ1) is 18.0. The summed E-state index contributed by atoms with van der Waals surface area (Å²) in [6, 6.07) is 15.1. The monoisotopic (exact) mass is 365 g/mol. The van der Waals surface area contributed by atoms with Crippen molar-refractivity contribution in [2.75, 3.05) is 5.32 Å². The molecule has 0 radical (unpaired) electrons. The average molecular weight is 365 g/mol. The van der Waals surface area contributed by atoms with Crippen LogP contribution >= 0.6 is 0 Å². The molecular weight excluding hydrogens is 346 g/mol. The van der Waals surface area contributed by atoms with Gasteiger partial charge in [-0.3, -0.25) is 9.89 Å². The number of nitrogens with one attached hydrogen (secondary N) is 3. The predicted octanol–water partition coefficient (Wildman–Crippen LogP) is 2.94. The molecule has 138 valence electrons. The highest BCUT2D eigenvalue weighted by atomic mass is 16.5. The van der Waals surface area contributed by atoms with Gasteiger partial charge in [0, 0.05) is 6.20 Å². The molecule has 0 aliphatic carbocycles. The summed E-state index contributed by atoms with van der Waals surface area (Å²) in [7, 11) is 0. The van der Waals surface area contributed by atoms with Gasteiger partial charge >= 0.3 is 6.03 Å². The Bertz CT molecular complexity index is 897. The van der Waals surface area contributed by atoms with Gasteiger partial charge in [-0.05, 0) is 29.8 Å². The molecule has 2 aromatic carbocycles. The molecule has 5 N–H and O–H groups in total. The molecule has 0 saturated heterocycles. The number of aromatic amines is 1. The number of carbonyl (C=O) groups excluding carboxylic acids is 2. The number of H-pyrrole nitrogens is 1. The second-order valence-electron chi connectivity index (χ2n) is 5.79. The maximum Gasteiger partial charge on any atom is 0.312 e. The highest BCUT2D eigenvalue weighted by Crippen LogP contribution is 2.26. The van der Waals surface area contributed by atoms with Gasteiger partial charge in [0.15, 0.2) is 0 Å². The summed E-state index contributed by atoms with van der Waals surface area (Å²) in [4.78, 5) is 23.7. The van der Waals surface area contributed by atoms with Gasteiger partial charge in [0.2, 0.25) is 5.91 Å². The van der Waals surface area contributed by atoms with E-state index in [0.717, 1.165) is 0 Å². The summed E-state index contributed by atoms with van der Waals surface area (Å²) < 4.78 is 5.81. The lowest BCUT2D eigenvalue weighted by atomic mass is 10.0. The van der Waals surface area contributed by atoms with Crippen LogP contribution in [0.1, 0.15) is 18.0 Å². The predicted molar refractivity (Wildman–Crippen MR) is 100 cm³/mol. The highest BCUT2D eigenvalue weighted by molar-refractivity contribution is 5.91. The Morgan fingerprint density at radius 1 is 1.11 bits per heavy atom. The van der Waals surface area contributed by atoms with Crippen LogP contribution in [-0.2, 0) is 4.79 Å². The van der Waals surface area contributed by atoms with Crippen LogP contribution in [0.3, 0.4) is 0 Å². The Hall–Kier alpha value is -3.81. The number of primary amides is 1. The molecular formula is C19H19N5O3. The number of hydrogen-bond acceptors (Lipinski definition) is 4. The number of urea groups is 1. The van der Waals surface area contributed by atoms with Gasteiger partial charge in [0.05, 0.1) is 24.3 Å². The van der Waals surface area contributed by atoms with Crippen molar-refractivity contribution in [2.45, 2.75) is 12.5 Å². The quantitative estimate of drug-likeness (QED) is 0.514. The lowest BCUT2D eigenvalue weighted by molar-refractivity contribution is -0.116. The number of ether oxygens (including phenoxy) is 1. The minimum Gasteiger partial charge on any atom is -0.457 e. The molecule has 3 aromatic rings. The van der Waals surface area contributed by atoms with Crippen molar-refractivity contribution in [2.24, 2.45) is 5.73 Å². The molecule has 1 unspecified atom stereocenters. The lowest BCUT2D eigenvalue weighted by Gasteiger charge is -2.18. The third kappa shape index (κ3) is 5.33. The van der Waals surface area contributed by atoms with Gasteiger partial charge in [0.1, 0.15) is 11.5 Å². The minimum atomic E-state index is -0.717. The molecule has 8 heteroatoms. The minimum absolute atomic E-state index is 0.00289. The zero-order chi connectivity index (χ0) is 19.1. The largest absolute Gasteiger partial charge is 0.457 e. The van der Waals surface area contributed by atoms with Crippen molar-refractivity contribution in [1.82, 2.24) is 15.5 Å². The number of para-hydroxylation sites is 1. The highest BCUT2D eigenvalue weighted by Gasteiger charge is 2.18. The van der Waals surface area contributed by atoms with Gasteiger partial charge < -0.3 is 21.1 Å². The molecule has 1 heterocycles. The summed E-state index contributed by atoms with van der Waals surface area (Å²) in [6.07, 6.45) is 3.05. The second-order valence-corrected chi connectivity index (χ2v) is 5.79. The van der Waals surface area contributed by atoms with Gasteiger partial charge in [-0.1, -0.05) is 30.3 Å². The number of nitrogens with two attached hydrogens (primary N) is 1. The molecule has 27 heavy (non-hydrogen) atoms. The third-order valence-electron chi connectivity index (χ3n) is 3.73. The van der Waals surface area contributed by atoms with E-state index in [2.05, 4.69) is 20.8 Å². The van der Waals surface area contributed by atoms with E-state index in [1.165, 1.54) is 6.20 Å². The Morgan fingerprint density at radius 2 is 1.89 bits per heavy atom. The topological polar surface area (TPSA) is 122 Å². The number of amides is 3. The SMILES string of the molecule is NC(=O)NC(CC(=O)Nc1cn[nH]c1)c1cccc(Oc2ccccc2)c1. The number of hydrogen-bond donors (Lipinski definition) is 4. The number of benzene rings is 2. The van der Waals surface area contributed by atoms with Crippen molar-refractivity contribution in [3.8, 4) is 11.5 Å².